The molecule has 1 aliphatic rings. The van der Waals surface area contributed by atoms with Crippen molar-refractivity contribution in [1.29, 1.82) is 0 Å². The molecule has 0 radical (unpaired) electrons. The largest absolute Gasteiger partial charge is 0.348 e. The third kappa shape index (κ3) is 3.55. The first kappa shape index (κ1) is 14.9. The van der Waals surface area contributed by atoms with Crippen molar-refractivity contribution < 1.29 is 4.79 Å². The van der Waals surface area contributed by atoms with E-state index < -0.39 is 0 Å². The van der Waals surface area contributed by atoms with Crippen LogP contribution in [0.5, 0.6) is 0 Å². The first-order valence-corrected chi connectivity index (χ1v) is 7.03. The minimum Gasteiger partial charge on any atom is -0.348 e. The van der Waals surface area contributed by atoms with Crippen LogP contribution in [0.3, 0.4) is 0 Å². The molecule has 1 fully saturated rings. The van der Waals surface area contributed by atoms with E-state index in [0.29, 0.717) is 11.5 Å². The first-order valence-electron chi connectivity index (χ1n) is 7.03. The van der Waals surface area contributed by atoms with Crippen molar-refractivity contribution in [2.45, 2.75) is 13.0 Å². The molecule has 1 aromatic rings. The standard InChI is InChI=1S/C15H24N4O/c1-11-13(6-5-7-16-11)15(20)17-14-10-19(4)9-12(14)8-18(2)3/h5-7,12,14H,8-10H2,1-4H3,(H,17,20)/t12-,14-/m1/s1. The second kappa shape index (κ2) is 6.33. The summed E-state index contributed by atoms with van der Waals surface area (Å²) in [5.74, 6) is 0.454. The molecule has 1 aliphatic heterocycles. The SMILES string of the molecule is Cc1ncccc1C(=O)N[C@@H]1CN(C)C[C@H]1CN(C)C. The molecule has 20 heavy (non-hydrogen) atoms. The van der Waals surface area contributed by atoms with Gasteiger partial charge in [-0.05, 0) is 40.2 Å². The van der Waals surface area contributed by atoms with Crippen LogP contribution in [0.1, 0.15) is 16.1 Å². The average Bonchev–Trinajstić information content (AvgIpc) is 2.68. The summed E-state index contributed by atoms with van der Waals surface area (Å²) < 4.78 is 0. The molecule has 1 aromatic heterocycles. The van der Waals surface area contributed by atoms with Crippen LogP contribution in [0.2, 0.25) is 0 Å². The number of rotatable bonds is 4. The number of likely N-dealkylation sites (N-methyl/N-ethyl adjacent to an activating group) is 1. The molecule has 1 N–H and O–H groups in total. The van der Waals surface area contributed by atoms with E-state index in [0.717, 1.165) is 25.3 Å². The van der Waals surface area contributed by atoms with Crippen LogP contribution in [0.25, 0.3) is 0 Å². The molecule has 2 rings (SSSR count). The fraction of sp³-hybridized carbons (Fsp3) is 0.600. The van der Waals surface area contributed by atoms with E-state index in [1.165, 1.54) is 0 Å². The van der Waals surface area contributed by atoms with E-state index in [1.807, 2.05) is 13.0 Å². The van der Waals surface area contributed by atoms with Crippen LogP contribution in [0.4, 0.5) is 0 Å². The van der Waals surface area contributed by atoms with Crippen molar-refractivity contribution in [2.75, 3.05) is 40.8 Å². The van der Waals surface area contributed by atoms with Crippen molar-refractivity contribution in [3.05, 3.63) is 29.6 Å². The number of carbonyl (C=O) groups excluding carboxylic acids is 1. The Morgan fingerprint density at radius 1 is 1.50 bits per heavy atom. The Bertz CT molecular complexity index is 475. The van der Waals surface area contributed by atoms with Gasteiger partial charge in [-0.2, -0.15) is 0 Å². The summed E-state index contributed by atoms with van der Waals surface area (Å²) in [6.45, 7) is 4.78. The number of nitrogens with zero attached hydrogens (tertiary/aromatic N) is 3. The number of pyridine rings is 1. The Hall–Kier alpha value is -1.46. The molecule has 2 heterocycles. The highest BCUT2D eigenvalue weighted by Crippen LogP contribution is 2.17. The molecule has 1 amide bonds. The number of carbonyl (C=O) groups is 1. The number of hydrogen-bond donors (Lipinski definition) is 1. The fourth-order valence-electron chi connectivity index (χ4n) is 2.87. The number of likely N-dealkylation sites (tertiary alicyclic amines) is 1. The van der Waals surface area contributed by atoms with E-state index in [1.54, 1.807) is 12.3 Å². The Kier molecular flexibility index (Phi) is 4.73. The van der Waals surface area contributed by atoms with E-state index in [9.17, 15) is 4.79 Å². The number of amides is 1. The zero-order chi connectivity index (χ0) is 14.7. The van der Waals surface area contributed by atoms with Crippen molar-refractivity contribution >= 4 is 5.91 Å². The molecule has 5 heteroatoms. The molecular weight excluding hydrogens is 252 g/mol. The molecule has 0 aromatic carbocycles. The smallest absolute Gasteiger partial charge is 0.253 e. The van der Waals surface area contributed by atoms with E-state index in [-0.39, 0.29) is 11.9 Å². The van der Waals surface area contributed by atoms with Crippen molar-refractivity contribution in [3.63, 3.8) is 0 Å². The van der Waals surface area contributed by atoms with Crippen LogP contribution in [-0.4, -0.2) is 67.5 Å². The fourth-order valence-corrected chi connectivity index (χ4v) is 2.87. The van der Waals surface area contributed by atoms with Crippen molar-refractivity contribution in [3.8, 4) is 0 Å². The molecule has 0 saturated carbocycles. The predicted molar refractivity (Wildman–Crippen MR) is 79.8 cm³/mol. The summed E-state index contributed by atoms with van der Waals surface area (Å²) in [6, 6.07) is 3.84. The topological polar surface area (TPSA) is 48.5 Å². The van der Waals surface area contributed by atoms with Gasteiger partial charge in [-0.25, -0.2) is 0 Å². The lowest BCUT2D eigenvalue weighted by Crippen LogP contribution is -2.43. The minimum atomic E-state index is -0.0142. The van der Waals surface area contributed by atoms with Gasteiger partial charge < -0.3 is 15.1 Å². The van der Waals surface area contributed by atoms with Gasteiger partial charge in [-0.15, -0.1) is 0 Å². The molecule has 110 valence electrons. The molecule has 0 unspecified atom stereocenters. The highest BCUT2D eigenvalue weighted by Gasteiger charge is 2.32. The van der Waals surface area contributed by atoms with Gasteiger partial charge in [-0.1, -0.05) is 0 Å². The minimum absolute atomic E-state index is 0.0142. The average molecular weight is 276 g/mol. The van der Waals surface area contributed by atoms with Gasteiger partial charge in [0.2, 0.25) is 0 Å². The third-order valence-corrected chi connectivity index (χ3v) is 3.79. The second-order valence-electron chi connectivity index (χ2n) is 5.96. The third-order valence-electron chi connectivity index (χ3n) is 3.79. The molecule has 0 aliphatic carbocycles. The van der Waals surface area contributed by atoms with Gasteiger partial charge in [-0.3, -0.25) is 9.78 Å². The molecule has 0 bridgehead atoms. The van der Waals surface area contributed by atoms with Gasteiger partial charge in [0, 0.05) is 43.5 Å². The Balaban J connectivity index is 2.04. The second-order valence-corrected chi connectivity index (χ2v) is 5.96. The highest BCUT2D eigenvalue weighted by molar-refractivity contribution is 5.95. The summed E-state index contributed by atoms with van der Waals surface area (Å²) in [6.07, 6.45) is 1.71. The number of hydrogen-bond acceptors (Lipinski definition) is 4. The summed E-state index contributed by atoms with van der Waals surface area (Å²) in [5.41, 5.74) is 1.45. The molecule has 1 saturated heterocycles. The number of aromatic nitrogens is 1. The monoisotopic (exact) mass is 276 g/mol. The maximum atomic E-state index is 12.4. The van der Waals surface area contributed by atoms with Crippen LogP contribution < -0.4 is 5.32 Å². The van der Waals surface area contributed by atoms with Crippen LogP contribution >= 0.6 is 0 Å². The molecule has 5 nitrogen and oxygen atoms in total. The molecular formula is C15H24N4O. The van der Waals surface area contributed by atoms with Crippen molar-refractivity contribution in [2.24, 2.45) is 5.92 Å². The Morgan fingerprint density at radius 2 is 2.25 bits per heavy atom. The lowest BCUT2D eigenvalue weighted by Gasteiger charge is -2.23. The normalized spacial score (nSPS) is 23.2. The van der Waals surface area contributed by atoms with Gasteiger partial charge in [0.05, 0.1) is 5.56 Å². The van der Waals surface area contributed by atoms with Crippen molar-refractivity contribution in [1.82, 2.24) is 20.1 Å². The first-order chi connectivity index (χ1) is 9.47. The summed E-state index contributed by atoms with van der Waals surface area (Å²) in [5, 5.41) is 3.17. The highest BCUT2D eigenvalue weighted by atomic mass is 16.1. The zero-order valence-corrected chi connectivity index (χ0v) is 12.8. The zero-order valence-electron chi connectivity index (χ0n) is 12.8. The van der Waals surface area contributed by atoms with Gasteiger partial charge in [0.1, 0.15) is 0 Å². The summed E-state index contributed by atoms with van der Waals surface area (Å²) in [7, 11) is 6.25. The Morgan fingerprint density at radius 3 is 2.90 bits per heavy atom. The van der Waals surface area contributed by atoms with Gasteiger partial charge >= 0.3 is 0 Å². The van der Waals surface area contributed by atoms with Gasteiger partial charge in [0.15, 0.2) is 0 Å². The molecule has 2 atom stereocenters. The van der Waals surface area contributed by atoms with E-state index in [4.69, 9.17) is 0 Å². The van der Waals surface area contributed by atoms with Crippen LogP contribution in [0, 0.1) is 12.8 Å². The lowest BCUT2D eigenvalue weighted by molar-refractivity contribution is 0.0926. The Labute approximate surface area is 121 Å². The summed E-state index contributed by atoms with van der Waals surface area (Å²) in [4.78, 5) is 21.0. The van der Waals surface area contributed by atoms with E-state index >= 15 is 0 Å². The molecule has 0 spiro atoms. The van der Waals surface area contributed by atoms with Crippen LogP contribution in [-0.2, 0) is 0 Å². The van der Waals surface area contributed by atoms with E-state index in [2.05, 4.69) is 41.2 Å². The maximum absolute atomic E-state index is 12.4. The number of aryl methyl sites for hydroxylation is 1. The maximum Gasteiger partial charge on any atom is 0.253 e. The lowest BCUT2D eigenvalue weighted by atomic mass is 10.0. The van der Waals surface area contributed by atoms with Gasteiger partial charge in [0.25, 0.3) is 5.91 Å². The predicted octanol–water partition coefficient (Wildman–Crippen LogP) is 0.612. The summed E-state index contributed by atoms with van der Waals surface area (Å²) >= 11 is 0. The number of nitrogens with one attached hydrogen (secondary N) is 1. The quantitative estimate of drug-likeness (QED) is 0.875. The van der Waals surface area contributed by atoms with Crippen LogP contribution in [0.15, 0.2) is 18.3 Å².